The van der Waals surface area contributed by atoms with Crippen LogP contribution in [-0.4, -0.2) is 8.07 Å². The van der Waals surface area contributed by atoms with E-state index in [1.54, 1.807) is 10.8 Å². The first-order valence-corrected chi connectivity index (χ1v) is 7.52. The van der Waals surface area contributed by atoms with Crippen LogP contribution in [0.1, 0.15) is 16.7 Å². The standard InChI is InChI=1S/C11H11Si.2ClH.Zr/c1-12(2)10-7-8-5-3-4-6-9(8)11(10)12;;;/h3-6,11H,1-2H3;2*1H;/q-1;;;+3/p-2. The molecule has 1 aliphatic carbocycles. The summed E-state index contributed by atoms with van der Waals surface area (Å²) in [5.74, 6) is 0. The molecule has 1 aliphatic heterocycles. The zero-order valence-electron chi connectivity index (χ0n) is 8.64. The minimum Gasteiger partial charge on any atom is -1.00 e. The van der Waals surface area contributed by atoms with E-state index in [0.717, 1.165) is 5.54 Å². The van der Waals surface area contributed by atoms with E-state index in [4.69, 9.17) is 0 Å². The van der Waals surface area contributed by atoms with Crippen LogP contribution in [-0.2, 0) is 26.2 Å². The van der Waals surface area contributed by atoms with E-state index < -0.39 is 8.07 Å². The Morgan fingerprint density at radius 2 is 1.73 bits per heavy atom. The van der Waals surface area contributed by atoms with Crippen LogP contribution in [0.4, 0.5) is 0 Å². The largest absolute Gasteiger partial charge is 3.00 e. The maximum absolute atomic E-state index is 3.54. The van der Waals surface area contributed by atoms with Gasteiger partial charge in [-0.1, -0.05) is 24.7 Å². The molecule has 1 saturated heterocycles. The van der Waals surface area contributed by atoms with Gasteiger partial charge < -0.3 is 24.8 Å². The van der Waals surface area contributed by atoms with Crippen molar-refractivity contribution in [3.05, 3.63) is 46.7 Å². The fourth-order valence-electron chi connectivity index (χ4n) is 2.33. The number of hydrogen-bond donors (Lipinski definition) is 0. The molecule has 1 radical (unpaired) electrons. The van der Waals surface area contributed by atoms with Gasteiger partial charge in [0.05, 0.1) is 8.07 Å². The molecule has 0 bridgehead atoms. The minimum absolute atomic E-state index is 0. The van der Waals surface area contributed by atoms with Gasteiger partial charge in [0, 0.05) is 0 Å². The van der Waals surface area contributed by atoms with Crippen LogP contribution in [0.15, 0.2) is 29.5 Å². The topological polar surface area (TPSA) is 0 Å². The fraction of sp³-hybridized carbons (Fsp3) is 0.273. The Bertz CT molecular complexity index is 401. The van der Waals surface area contributed by atoms with E-state index in [1.165, 1.54) is 5.56 Å². The van der Waals surface area contributed by atoms with Gasteiger partial charge in [-0.15, -0.1) is 22.9 Å². The molecule has 15 heavy (non-hydrogen) atoms. The van der Waals surface area contributed by atoms with Gasteiger partial charge in [0.25, 0.3) is 0 Å². The molecule has 1 aromatic carbocycles. The summed E-state index contributed by atoms with van der Waals surface area (Å²) in [6, 6.07) is 8.69. The number of fused-ring (bicyclic) bond motifs is 3. The second-order valence-electron chi connectivity index (χ2n) is 4.28. The quantitative estimate of drug-likeness (QED) is 0.344. The summed E-state index contributed by atoms with van der Waals surface area (Å²) in [5.41, 5.74) is 3.72. The zero-order valence-corrected chi connectivity index (χ0v) is 13.6. The first-order valence-electron chi connectivity index (χ1n) is 4.44. The minimum atomic E-state index is -0.953. The molecule has 0 nitrogen and oxygen atoms in total. The monoisotopic (exact) mass is 331 g/mol. The molecule has 77 valence electrons. The van der Waals surface area contributed by atoms with Gasteiger partial charge in [-0.3, -0.25) is 0 Å². The van der Waals surface area contributed by atoms with Crippen LogP contribution in [0.2, 0.25) is 13.1 Å². The van der Waals surface area contributed by atoms with Gasteiger partial charge >= 0.3 is 26.2 Å². The van der Waals surface area contributed by atoms with Crippen molar-refractivity contribution in [3.8, 4) is 0 Å². The predicted molar refractivity (Wildman–Crippen MR) is 52.5 cm³/mol. The van der Waals surface area contributed by atoms with E-state index in [9.17, 15) is 0 Å². The van der Waals surface area contributed by atoms with E-state index in [-0.39, 0.29) is 51.0 Å². The number of benzene rings is 1. The first-order chi connectivity index (χ1) is 5.71. The normalized spacial score (nSPS) is 22.0. The zero-order chi connectivity index (χ0) is 8.34. The van der Waals surface area contributed by atoms with Gasteiger partial charge in [-0.2, -0.15) is 17.7 Å². The smallest absolute Gasteiger partial charge is 1.00 e. The molecule has 2 aliphatic rings. The molecule has 1 unspecified atom stereocenters. The van der Waals surface area contributed by atoms with Crippen LogP contribution in [0.25, 0.3) is 0 Å². The van der Waals surface area contributed by atoms with Gasteiger partial charge in [0.1, 0.15) is 0 Å². The second-order valence-corrected chi connectivity index (χ2v) is 8.84. The van der Waals surface area contributed by atoms with Crippen molar-refractivity contribution in [1.29, 1.82) is 0 Å². The molecule has 0 amide bonds. The molecule has 1 atom stereocenters. The number of hydrogen-bond acceptors (Lipinski definition) is 0. The summed E-state index contributed by atoms with van der Waals surface area (Å²) < 4.78 is 0. The van der Waals surface area contributed by atoms with E-state index in [1.807, 2.05) is 0 Å². The average Bonchev–Trinajstić information content (AvgIpc) is 2.46. The number of halogens is 2. The third-order valence-corrected chi connectivity index (χ3v) is 6.70. The molecule has 0 N–H and O–H groups in total. The second kappa shape index (κ2) is 4.87. The Hall–Kier alpha value is 0.640. The summed E-state index contributed by atoms with van der Waals surface area (Å²) in [6.07, 6.45) is 3.54. The molecule has 1 aromatic rings. The molecule has 1 fully saturated rings. The maximum atomic E-state index is 3.54. The van der Waals surface area contributed by atoms with E-state index >= 15 is 0 Å². The van der Waals surface area contributed by atoms with Gasteiger partial charge in [0.2, 0.25) is 0 Å². The molecular formula is C11H11Cl2SiZr. The molecular weight excluding hydrogens is 322 g/mol. The van der Waals surface area contributed by atoms with Crippen molar-refractivity contribution >= 4 is 8.07 Å². The van der Waals surface area contributed by atoms with Crippen molar-refractivity contribution in [2.45, 2.75) is 18.6 Å². The fourth-order valence-corrected chi connectivity index (χ4v) is 6.01. The molecule has 3 rings (SSSR count). The summed E-state index contributed by atoms with van der Waals surface area (Å²) in [7, 11) is -0.953. The Balaban J connectivity index is 0.000000653. The number of rotatable bonds is 0. The van der Waals surface area contributed by atoms with Crippen LogP contribution >= 0.6 is 0 Å². The van der Waals surface area contributed by atoms with Gasteiger partial charge in [-0.25, -0.2) is 0 Å². The Morgan fingerprint density at radius 1 is 1.13 bits per heavy atom. The third-order valence-electron chi connectivity index (χ3n) is 3.16. The Labute approximate surface area is 123 Å². The van der Waals surface area contributed by atoms with Crippen molar-refractivity contribution in [2.24, 2.45) is 0 Å². The maximum Gasteiger partial charge on any atom is 3.00 e. The van der Waals surface area contributed by atoms with Crippen LogP contribution in [0.5, 0.6) is 0 Å². The summed E-state index contributed by atoms with van der Waals surface area (Å²) in [6.45, 7) is 4.88. The van der Waals surface area contributed by atoms with Crippen molar-refractivity contribution < 1.29 is 51.0 Å². The SMILES string of the molecule is C[Si]1(C)C2=[C-]c3ccccc3C21.[Cl-].[Cl-].[Zr+3]. The Kier molecular flexibility index (Phi) is 5.08. The molecule has 4 heteroatoms. The third kappa shape index (κ3) is 2.07. The summed E-state index contributed by atoms with van der Waals surface area (Å²) >= 11 is 0. The molecule has 0 aromatic heterocycles. The summed E-state index contributed by atoms with van der Waals surface area (Å²) in [5, 5.41) is 1.64. The average molecular weight is 333 g/mol. The van der Waals surface area contributed by atoms with Gasteiger partial charge in [0.15, 0.2) is 0 Å². The molecule has 0 spiro atoms. The predicted octanol–water partition coefficient (Wildman–Crippen LogP) is -3.33. The van der Waals surface area contributed by atoms with E-state index in [2.05, 4.69) is 43.4 Å². The van der Waals surface area contributed by atoms with Crippen LogP contribution in [0, 0.1) is 6.08 Å². The van der Waals surface area contributed by atoms with E-state index in [0.29, 0.717) is 0 Å². The molecule has 1 heterocycles. The Morgan fingerprint density at radius 3 is 2.40 bits per heavy atom. The van der Waals surface area contributed by atoms with Crippen molar-refractivity contribution in [3.63, 3.8) is 0 Å². The summed E-state index contributed by atoms with van der Waals surface area (Å²) in [4.78, 5) is 0. The van der Waals surface area contributed by atoms with Crippen LogP contribution in [0.3, 0.4) is 0 Å². The number of allylic oxidation sites excluding steroid dienone is 1. The van der Waals surface area contributed by atoms with Gasteiger partial charge in [-0.05, 0) is 0 Å². The first kappa shape index (κ1) is 15.6. The van der Waals surface area contributed by atoms with Crippen LogP contribution < -0.4 is 24.8 Å². The van der Waals surface area contributed by atoms with Crippen molar-refractivity contribution in [1.82, 2.24) is 0 Å². The molecule has 0 saturated carbocycles. The van der Waals surface area contributed by atoms with Crippen molar-refractivity contribution in [2.75, 3.05) is 0 Å².